The van der Waals surface area contributed by atoms with Gasteiger partial charge in [-0.05, 0) is 49.1 Å². The molecule has 30 heavy (non-hydrogen) atoms. The Morgan fingerprint density at radius 3 is 2.30 bits per heavy atom. The molecular formula is C20H20F4N2O3S. The maximum absolute atomic E-state index is 13.4. The first-order chi connectivity index (χ1) is 14.1. The minimum absolute atomic E-state index is 0.0151. The first-order valence-corrected chi connectivity index (χ1v) is 10.7. The van der Waals surface area contributed by atoms with Gasteiger partial charge in [-0.1, -0.05) is 18.2 Å². The lowest BCUT2D eigenvalue weighted by Gasteiger charge is -2.31. The van der Waals surface area contributed by atoms with Crippen molar-refractivity contribution in [1.82, 2.24) is 9.62 Å². The number of hydrogen-bond acceptors (Lipinski definition) is 3. The van der Waals surface area contributed by atoms with Crippen molar-refractivity contribution in [2.24, 2.45) is 5.92 Å². The van der Waals surface area contributed by atoms with Crippen LogP contribution in [0.5, 0.6) is 0 Å². The Labute approximate surface area is 171 Å². The molecule has 5 nitrogen and oxygen atoms in total. The summed E-state index contributed by atoms with van der Waals surface area (Å²) in [6.45, 7) is 0.760. The molecule has 0 bridgehead atoms. The third kappa shape index (κ3) is 4.99. The van der Waals surface area contributed by atoms with Crippen molar-refractivity contribution < 1.29 is 30.8 Å². The molecule has 1 amide bonds. The molecule has 162 valence electrons. The second-order valence-corrected chi connectivity index (χ2v) is 9.00. The second-order valence-electron chi connectivity index (χ2n) is 7.06. The molecule has 10 heteroatoms. The van der Waals surface area contributed by atoms with Crippen LogP contribution in [-0.4, -0.2) is 38.3 Å². The third-order valence-electron chi connectivity index (χ3n) is 5.04. The van der Waals surface area contributed by atoms with Gasteiger partial charge in [-0.25, -0.2) is 12.8 Å². The highest BCUT2D eigenvalue weighted by atomic mass is 32.2. The van der Waals surface area contributed by atoms with Gasteiger partial charge in [0.2, 0.25) is 10.0 Å². The number of hydrogen-bond donors (Lipinski definition) is 1. The monoisotopic (exact) mass is 444 g/mol. The lowest BCUT2D eigenvalue weighted by atomic mass is 9.98. The number of sulfonamides is 1. The van der Waals surface area contributed by atoms with E-state index >= 15 is 0 Å². The zero-order chi connectivity index (χ0) is 21.9. The van der Waals surface area contributed by atoms with E-state index in [0.717, 1.165) is 6.07 Å². The lowest BCUT2D eigenvalue weighted by molar-refractivity contribution is -0.140. The van der Waals surface area contributed by atoms with Crippen molar-refractivity contribution in [3.05, 3.63) is 65.5 Å². The van der Waals surface area contributed by atoms with Gasteiger partial charge >= 0.3 is 6.18 Å². The number of benzene rings is 2. The summed E-state index contributed by atoms with van der Waals surface area (Å²) in [6.07, 6.45) is -3.88. The van der Waals surface area contributed by atoms with Crippen molar-refractivity contribution >= 4 is 15.9 Å². The number of carbonyl (C=O) groups is 1. The van der Waals surface area contributed by atoms with Gasteiger partial charge in [0.1, 0.15) is 5.82 Å². The molecule has 1 aliphatic heterocycles. The summed E-state index contributed by atoms with van der Waals surface area (Å²) < 4.78 is 78.4. The number of alkyl halides is 3. The normalized spacial score (nSPS) is 16.4. The summed E-state index contributed by atoms with van der Waals surface area (Å²) in [7, 11) is -3.58. The van der Waals surface area contributed by atoms with Crippen molar-refractivity contribution in [3.8, 4) is 0 Å². The Morgan fingerprint density at radius 2 is 1.70 bits per heavy atom. The van der Waals surface area contributed by atoms with Crippen molar-refractivity contribution in [2.75, 3.05) is 19.6 Å². The van der Waals surface area contributed by atoms with Crippen LogP contribution in [0.4, 0.5) is 17.6 Å². The Hall–Kier alpha value is -2.46. The fourth-order valence-corrected chi connectivity index (χ4v) is 4.81. The molecule has 0 spiro atoms. The van der Waals surface area contributed by atoms with E-state index < -0.39 is 33.5 Å². The van der Waals surface area contributed by atoms with Gasteiger partial charge < -0.3 is 5.32 Å². The number of halogens is 4. The zero-order valence-electron chi connectivity index (χ0n) is 15.8. The molecule has 2 aromatic carbocycles. The van der Waals surface area contributed by atoms with Gasteiger partial charge in [-0.3, -0.25) is 4.79 Å². The largest absolute Gasteiger partial charge is 0.419 e. The summed E-state index contributed by atoms with van der Waals surface area (Å²) in [5.74, 6) is -2.19. The minimum atomic E-state index is -4.89. The number of rotatable bonds is 5. The number of nitrogens with one attached hydrogen (secondary N) is 1. The molecule has 1 fully saturated rings. The third-order valence-corrected chi connectivity index (χ3v) is 6.95. The van der Waals surface area contributed by atoms with Gasteiger partial charge in [-0.2, -0.15) is 17.5 Å². The van der Waals surface area contributed by atoms with E-state index in [1.54, 1.807) is 18.2 Å². The SMILES string of the molecule is O=C(NCC1CCN(S(=O)(=O)c2ccccc2)CC1)c1ccc(F)c(C(F)(F)F)c1. The molecule has 3 rings (SSSR count). The van der Waals surface area contributed by atoms with Gasteiger partial charge in [0.15, 0.2) is 0 Å². The molecule has 1 N–H and O–H groups in total. The number of carbonyl (C=O) groups excluding carboxylic acids is 1. The molecule has 1 heterocycles. The summed E-state index contributed by atoms with van der Waals surface area (Å²) in [4.78, 5) is 12.4. The highest BCUT2D eigenvalue weighted by Crippen LogP contribution is 2.32. The lowest BCUT2D eigenvalue weighted by Crippen LogP contribution is -2.41. The van der Waals surface area contributed by atoms with Gasteiger partial charge in [0.05, 0.1) is 10.5 Å². The van der Waals surface area contributed by atoms with Gasteiger partial charge in [0.25, 0.3) is 5.91 Å². The molecule has 0 saturated carbocycles. The van der Waals surface area contributed by atoms with Crippen LogP contribution in [0.15, 0.2) is 53.4 Å². The van der Waals surface area contributed by atoms with Crippen molar-refractivity contribution in [3.63, 3.8) is 0 Å². The van der Waals surface area contributed by atoms with E-state index in [1.807, 2.05) is 0 Å². The van der Waals surface area contributed by atoms with Crippen LogP contribution < -0.4 is 5.32 Å². The van der Waals surface area contributed by atoms with Crippen LogP contribution in [0.2, 0.25) is 0 Å². The summed E-state index contributed by atoms with van der Waals surface area (Å²) in [5, 5.41) is 2.56. The van der Waals surface area contributed by atoms with Crippen LogP contribution in [0.3, 0.4) is 0 Å². The van der Waals surface area contributed by atoms with E-state index in [2.05, 4.69) is 5.32 Å². The minimum Gasteiger partial charge on any atom is -0.352 e. The molecule has 2 aromatic rings. The van der Waals surface area contributed by atoms with Crippen LogP contribution in [0.25, 0.3) is 0 Å². The Morgan fingerprint density at radius 1 is 1.07 bits per heavy atom. The highest BCUT2D eigenvalue weighted by Gasteiger charge is 2.35. The fraction of sp³-hybridized carbons (Fsp3) is 0.350. The number of nitrogens with zero attached hydrogens (tertiary/aromatic N) is 1. The first kappa shape index (κ1) is 22.2. The average Bonchev–Trinajstić information content (AvgIpc) is 2.72. The quantitative estimate of drug-likeness (QED) is 0.716. The molecule has 0 radical (unpaired) electrons. The average molecular weight is 444 g/mol. The standard InChI is InChI=1S/C20H20F4N2O3S/c21-18-7-6-15(12-17(18)20(22,23)24)19(27)25-13-14-8-10-26(11-9-14)30(28,29)16-4-2-1-3-5-16/h1-7,12,14H,8-11,13H2,(H,25,27). The van der Waals surface area contributed by atoms with E-state index in [9.17, 15) is 30.8 Å². The maximum atomic E-state index is 13.4. The molecule has 1 aliphatic rings. The Balaban J connectivity index is 1.56. The predicted octanol–water partition coefficient (Wildman–Crippen LogP) is 3.68. The summed E-state index contributed by atoms with van der Waals surface area (Å²) >= 11 is 0. The zero-order valence-corrected chi connectivity index (χ0v) is 16.6. The Kier molecular flexibility index (Phi) is 6.47. The molecule has 0 aliphatic carbocycles. The molecular weight excluding hydrogens is 424 g/mol. The van der Waals surface area contributed by atoms with Crippen LogP contribution in [0, 0.1) is 11.7 Å². The van der Waals surface area contributed by atoms with Crippen LogP contribution in [-0.2, 0) is 16.2 Å². The van der Waals surface area contributed by atoms with E-state index in [1.165, 1.54) is 16.4 Å². The summed E-state index contributed by atoms with van der Waals surface area (Å²) in [6, 6.07) is 10.2. The van der Waals surface area contributed by atoms with Crippen molar-refractivity contribution in [1.29, 1.82) is 0 Å². The predicted molar refractivity (Wildman–Crippen MR) is 102 cm³/mol. The van der Waals surface area contributed by atoms with Gasteiger partial charge in [-0.15, -0.1) is 0 Å². The molecule has 0 atom stereocenters. The van der Waals surface area contributed by atoms with Gasteiger partial charge in [0, 0.05) is 25.2 Å². The molecule has 0 aromatic heterocycles. The van der Waals surface area contributed by atoms with E-state index in [0.29, 0.717) is 25.0 Å². The topological polar surface area (TPSA) is 66.5 Å². The molecule has 0 unspecified atom stereocenters. The van der Waals surface area contributed by atoms with Crippen LogP contribution >= 0.6 is 0 Å². The molecule has 1 saturated heterocycles. The van der Waals surface area contributed by atoms with E-state index in [-0.39, 0.29) is 36.0 Å². The second kappa shape index (κ2) is 8.73. The first-order valence-electron chi connectivity index (χ1n) is 9.29. The van der Waals surface area contributed by atoms with Crippen molar-refractivity contribution in [2.45, 2.75) is 23.9 Å². The highest BCUT2D eigenvalue weighted by molar-refractivity contribution is 7.89. The smallest absolute Gasteiger partial charge is 0.352 e. The Bertz CT molecular complexity index is 1000. The number of amides is 1. The maximum Gasteiger partial charge on any atom is 0.419 e. The number of piperidine rings is 1. The van der Waals surface area contributed by atoms with Crippen LogP contribution in [0.1, 0.15) is 28.8 Å². The fourth-order valence-electron chi connectivity index (χ4n) is 3.32. The van der Waals surface area contributed by atoms with E-state index in [4.69, 9.17) is 0 Å². The summed E-state index contributed by atoms with van der Waals surface area (Å²) in [5.41, 5.74) is -1.78.